The third kappa shape index (κ3) is 14.2. The molecule has 0 aliphatic carbocycles. The molecule has 0 aromatic rings. The van der Waals surface area contributed by atoms with Crippen LogP contribution < -0.4 is 27.4 Å². The van der Waals surface area contributed by atoms with Gasteiger partial charge >= 0.3 is 17.9 Å². The van der Waals surface area contributed by atoms with Crippen molar-refractivity contribution in [3.63, 3.8) is 0 Å². The first-order chi connectivity index (χ1) is 16.4. The van der Waals surface area contributed by atoms with Gasteiger partial charge in [0.25, 0.3) is 0 Å². The zero-order valence-electron chi connectivity index (χ0n) is 19.5. The van der Waals surface area contributed by atoms with Crippen LogP contribution in [0.25, 0.3) is 0 Å². The lowest BCUT2D eigenvalue weighted by atomic mass is 10.1. The van der Waals surface area contributed by atoms with Crippen LogP contribution in [-0.4, -0.2) is 93.7 Å². The van der Waals surface area contributed by atoms with E-state index in [9.17, 15) is 33.9 Å². The van der Waals surface area contributed by atoms with Crippen LogP contribution in [0.15, 0.2) is 0 Å². The number of hydrogen-bond donors (Lipinski definition) is 8. The highest BCUT2D eigenvalue weighted by Crippen LogP contribution is 2.07. The van der Waals surface area contributed by atoms with E-state index in [0.29, 0.717) is 25.1 Å². The summed E-state index contributed by atoms with van der Waals surface area (Å²) in [5, 5.41) is 34.1. The maximum Gasteiger partial charge on any atom is 0.326 e. The number of carboxylic acids is 3. The van der Waals surface area contributed by atoms with Crippen LogP contribution in [0.2, 0.25) is 0 Å². The summed E-state index contributed by atoms with van der Waals surface area (Å²) in [6, 6.07) is -5.30. The summed E-state index contributed by atoms with van der Waals surface area (Å²) < 4.78 is 0. The van der Waals surface area contributed by atoms with E-state index in [1.54, 1.807) is 6.26 Å². The predicted molar refractivity (Wildman–Crippen MR) is 126 cm³/mol. The molecule has 0 heterocycles. The van der Waals surface area contributed by atoms with Crippen LogP contribution in [0.1, 0.15) is 44.9 Å². The Morgan fingerprint density at radius 1 is 0.771 bits per heavy atom. The van der Waals surface area contributed by atoms with E-state index in [0.717, 1.165) is 0 Å². The Kier molecular flexibility index (Phi) is 16.1. The van der Waals surface area contributed by atoms with E-state index >= 15 is 0 Å². The number of carbonyl (C=O) groups is 6. The summed E-state index contributed by atoms with van der Waals surface area (Å²) in [7, 11) is 0. The lowest BCUT2D eigenvalue weighted by Gasteiger charge is -2.24. The fraction of sp³-hybridized carbons (Fsp3) is 0.700. The van der Waals surface area contributed by atoms with Gasteiger partial charge in [-0.2, -0.15) is 11.8 Å². The lowest BCUT2D eigenvalue weighted by Crippen LogP contribution is -2.57. The van der Waals surface area contributed by atoms with E-state index < -0.39 is 72.6 Å². The summed E-state index contributed by atoms with van der Waals surface area (Å²) >= 11 is 1.40. The Balaban J connectivity index is 5.48. The molecular formula is C20H35N5O9S. The van der Waals surface area contributed by atoms with Gasteiger partial charge in [-0.15, -0.1) is 0 Å². The number of hydrogen-bond acceptors (Lipinski definition) is 9. The molecule has 10 N–H and O–H groups in total. The molecule has 4 atom stereocenters. The van der Waals surface area contributed by atoms with Gasteiger partial charge in [-0.05, 0) is 50.7 Å². The highest BCUT2D eigenvalue weighted by atomic mass is 32.2. The van der Waals surface area contributed by atoms with Crippen molar-refractivity contribution < 1.29 is 44.1 Å². The SMILES string of the molecule is CSCCC(NC(=O)C(CCCCN)NC(=O)C(CC(=O)O)NC(=O)C(N)CCC(=O)O)C(=O)O. The van der Waals surface area contributed by atoms with Crippen LogP contribution >= 0.6 is 11.8 Å². The Morgan fingerprint density at radius 3 is 1.86 bits per heavy atom. The molecule has 4 unspecified atom stereocenters. The fourth-order valence-electron chi connectivity index (χ4n) is 2.87. The number of amides is 3. The van der Waals surface area contributed by atoms with Crippen molar-refractivity contribution in [3.8, 4) is 0 Å². The quantitative estimate of drug-likeness (QED) is 0.0865. The van der Waals surface area contributed by atoms with Gasteiger partial charge in [0, 0.05) is 6.42 Å². The normalized spacial score (nSPS) is 14.1. The number of thioether (sulfide) groups is 1. The number of carboxylic acid groups (broad SMARTS) is 3. The molecule has 0 saturated carbocycles. The Morgan fingerprint density at radius 2 is 1.34 bits per heavy atom. The molecule has 14 nitrogen and oxygen atoms in total. The molecule has 15 heteroatoms. The molecule has 0 fully saturated rings. The Hall–Kier alpha value is -2.91. The minimum Gasteiger partial charge on any atom is -0.481 e. The van der Waals surface area contributed by atoms with Crippen LogP contribution in [0.5, 0.6) is 0 Å². The number of nitrogens with one attached hydrogen (secondary N) is 3. The first kappa shape index (κ1) is 32.1. The molecule has 0 rings (SSSR count). The molecule has 0 spiro atoms. The van der Waals surface area contributed by atoms with Crippen molar-refractivity contribution in [1.29, 1.82) is 0 Å². The average Bonchev–Trinajstić information content (AvgIpc) is 2.78. The van der Waals surface area contributed by atoms with Crippen LogP contribution in [0.4, 0.5) is 0 Å². The molecule has 0 aliphatic rings. The number of nitrogens with two attached hydrogens (primary N) is 2. The van der Waals surface area contributed by atoms with Crippen molar-refractivity contribution in [2.45, 2.75) is 69.1 Å². The van der Waals surface area contributed by atoms with Crippen molar-refractivity contribution in [1.82, 2.24) is 16.0 Å². The Bertz CT molecular complexity index is 752. The minimum absolute atomic E-state index is 0.0928. The van der Waals surface area contributed by atoms with Crippen molar-refractivity contribution in [3.05, 3.63) is 0 Å². The fourth-order valence-corrected chi connectivity index (χ4v) is 3.34. The van der Waals surface area contributed by atoms with E-state index in [1.807, 2.05) is 0 Å². The second kappa shape index (κ2) is 17.5. The molecule has 0 bridgehead atoms. The monoisotopic (exact) mass is 521 g/mol. The zero-order chi connectivity index (χ0) is 27.0. The number of unbranched alkanes of at least 4 members (excludes halogenated alkanes) is 1. The highest BCUT2D eigenvalue weighted by molar-refractivity contribution is 7.98. The molecule has 3 amide bonds. The highest BCUT2D eigenvalue weighted by Gasteiger charge is 2.31. The molecule has 200 valence electrons. The van der Waals surface area contributed by atoms with E-state index in [-0.39, 0.29) is 19.3 Å². The summed E-state index contributed by atoms with van der Waals surface area (Å²) in [6.45, 7) is 0.319. The third-order valence-electron chi connectivity index (χ3n) is 4.82. The summed E-state index contributed by atoms with van der Waals surface area (Å²) in [6.07, 6.45) is 1.48. The van der Waals surface area contributed by atoms with Gasteiger partial charge in [0.15, 0.2) is 0 Å². The van der Waals surface area contributed by atoms with Gasteiger partial charge in [0.2, 0.25) is 17.7 Å². The second-order valence-electron chi connectivity index (χ2n) is 7.72. The van der Waals surface area contributed by atoms with Gasteiger partial charge in [-0.1, -0.05) is 0 Å². The molecule has 35 heavy (non-hydrogen) atoms. The lowest BCUT2D eigenvalue weighted by molar-refractivity contribution is -0.143. The molecule has 0 saturated heterocycles. The van der Waals surface area contributed by atoms with Crippen LogP contribution in [0, 0.1) is 0 Å². The topological polar surface area (TPSA) is 251 Å². The largest absolute Gasteiger partial charge is 0.481 e. The van der Waals surface area contributed by atoms with Crippen molar-refractivity contribution in [2.24, 2.45) is 11.5 Å². The average molecular weight is 522 g/mol. The second-order valence-corrected chi connectivity index (χ2v) is 8.71. The minimum atomic E-state index is -1.60. The standard InChI is InChI=1S/C20H35N5O9S/c1-35-9-7-13(20(33)34)24-18(31)12(4-2-3-8-21)23-19(32)14(10-16(28)29)25-17(30)11(22)5-6-15(26)27/h11-14H,2-10,21-22H2,1H3,(H,23,32)(H,24,31)(H,25,30)(H,26,27)(H,28,29)(H,33,34). The van der Waals surface area contributed by atoms with Gasteiger partial charge in [0.1, 0.15) is 18.1 Å². The van der Waals surface area contributed by atoms with Crippen molar-refractivity contribution >= 4 is 47.4 Å². The summed E-state index contributed by atoms with van der Waals surface area (Å²) in [5.41, 5.74) is 11.1. The van der Waals surface area contributed by atoms with Gasteiger partial charge in [-0.25, -0.2) is 4.79 Å². The molecule has 0 aliphatic heterocycles. The zero-order valence-corrected chi connectivity index (χ0v) is 20.3. The summed E-state index contributed by atoms with van der Waals surface area (Å²) in [5.74, 6) is -6.08. The van der Waals surface area contributed by atoms with Gasteiger partial charge in [0.05, 0.1) is 12.5 Å². The van der Waals surface area contributed by atoms with Gasteiger partial charge in [-0.3, -0.25) is 24.0 Å². The maximum absolute atomic E-state index is 12.8. The van der Waals surface area contributed by atoms with Crippen LogP contribution in [0.3, 0.4) is 0 Å². The number of carbonyl (C=O) groups excluding carboxylic acids is 3. The molecule has 0 aromatic carbocycles. The van der Waals surface area contributed by atoms with Crippen molar-refractivity contribution in [2.75, 3.05) is 18.6 Å². The Labute approximate surface area is 206 Å². The molecular weight excluding hydrogens is 486 g/mol. The first-order valence-corrected chi connectivity index (χ1v) is 12.3. The first-order valence-electron chi connectivity index (χ1n) is 10.9. The predicted octanol–water partition coefficient (Wildman–Crippen LogP) is -1.93. The van der Waals surface area contributed by atoms with Crippen LogP contribution in [-0.2, 0) is 28.8 Å². The third-order valence-corrected chi connectivity index (χ3v) is 5.47. The van der Waals surface area contributed by atoms with E-state index in [2.05, 4.69) is 16.0 Å². The smallest absolute Gasteiger partial charge is 0.326 e. The molecule has 0 aromatic heterocycles. The van der Waals surface area contributed by atoms with E-state index in [1.165, 1.54) is 11.8 Å². The van der Waals surface area contributed by atoms with Gasteiger partial charge < -0.3 is 42.7 Å². The maximum atomic E-state index is 12.8. The summed E-state index contributed by atoms with van der Waals surface area (Å²) in [4.78, 5) is 71.2. The van der Waals surface area contributed by atoms with E-state index in [4.69, 9.17) is 21.7 Å². The molecule has 0 radical (unpaired) electrons. The number of aliphatic carboxylic acids is 3. The number of rotatable bonds is 19.